The number of hydrogen-bond donors (Lipinski definition) is 1. The third-order valence-electron chi connectivity index (χ3n) is 2.49. The first-order valence-corrected chi connectivity index (χ1v) is 5.35. The van der Waals surface area contributed by atoms with Crippen LogP contribution in [0.15, 0.2) is 36.4 Å². The van der Waals surface area contributed by atoms with Crippen LogP contribution in [0.2, 0.25) is 0 Å². The Balaban J connectivity index is 1.79. The van der Waals surface area contributed by atoms with Crippen molar-refractivity contribution >= 4 is 12.0 Å². The van der Waals surface area contributed by atoms with E-state index in [2.05, 4.69) is 5.32 Å². The molecule has 1 aliphatic carbocycles. The Morgan fingerprint density at radius 1 is 1.33 bits per heavy atom. The van der Waals surface area contributed by atoms with Crippen LogP contribution in [0.3, 0.4) is 0 Å². The Bertz CT molecular complexity index is 352. The van der Waals surface area contributed by atoms with Gasteiger partial charge in [0, 0.05) is 12.6 Å². The lowest BCUT2D eigenvalue weighted by molar-refractivity contribution is -0.116. The average Bonchev–Trinajstić information content (AvgIpc) is 3.09. The van der Waals surface area contributed by atoms with E-state index in [0.717, 1.165) is 18.0 Å². The van der Waals surface area contributed by atoms with Crippen LogP contribution in [0, 0.1) is 5.92 Å². The standard InChI is InChI=1S/C13H15NO/c15-13(14-10-12-6-7-12)9-8-11-4-2-1-3-5-11/h1-5,8-9,12H,6-7,10H2,(H,14,15). The van der Waals surface area contributed by atoms with E-state index in [-0.39, 0.29) is 5.91 Å². The lowest BCUT2D eigenvalue weighted by Crippen LogP contribution is -2.23. The van der Waals surface area contributed by atoms with Gasteiger partial charge in [0.25, 0.3) is 0 Å². The van der Waals surface area contributed by atoms with Crippen molar-refractivity contribution in [3.63, 3.8) is 0 Å². The molecule has 0 atom stereocenters. The summed E-state index contributed by atoms with van der Waals surface area (Å²) in [4.78, 5) is 11.4. The first-order chi connectivity index (χ1) is 7.34. The molecule has 1 saturated carbocycles. The van der Waals surface area contributed by atoms with Gasteiger partial charge >= 0.3 is 0 Å². The maximum absolute atomic E-state index is 11.4. The molecule has 1 fully saturated rings. The number of carbonyl (C=O) groups is 1. The van der Waals surface area contributed by atoms with Gasteiger partial charge in [0.05, 0.1) is 0 Å². The summed E-state index contributed by atoms with van der Waals surface area (Å²) >= 11 is 0. The first kappa shape index (κ1) is 9.97. The third-order valence-corrected chi connectivity index (χ3v) is 2.49. The van der Waals surface area contributed by atoms with E-state index in [1.54, 1.807) is 6.08 Å². The minimum Gasteiger partial charge on any atom is -0.352 e. The number of amides is 1. The van der Waals surface area contributed by atoms with Gasteiger partial charge in [-0.1, -0.05) is 30.3 Å². The van der Waals surface area contributed by atoms with Crippen molar-refractivity contribution in [3.8, 4) is 0 Å². The van der Waals surface area contributed by atoms with Crippen LogP contribution < -0.4 is 5.32 Å². The second kappa shape index (κ2) is 4.78. The minimum atomic E-state index is 0.00533. The highest BCUT2D eigenvalue weighted by Gasteiger charge is 2.20. The van der Waals surface area contributed by atoms with Gasteiger partial charge in [-0.2, -0.15) is 0 Å². The third kappa shape index (κ3) is 3.58. The molecule has 15 heavy (non-hydrogen) atoms. The van der Waals surface area contributed by atoms with Gasteiger partial charge in [0.15, 0.2) is 0 Å². The Kier molecular flexibility index (Phi) is 3.18. The molecule has 1 aromatic carbocycles. The van der Waals surface area contributed by atoms with Gasteiger partial charge in [-0.25, -0.2) is 0 Å². The number of carbonyl (C=O) groups excluding carboxylic acids is 1. The topological polar surface area (TPSA) is 29.1 Å². The minimum absolute atomic E-state index is 0.00533. The van der Waals surface area contributed by atoms with Crippen molar-refractivity contribution in [2.75, 3.05) is 6.54 Å². The van der Waals surface area contributed by atoms with Gasteiger partial charge in [-0.15, -0.1) is 0 Å². The van der Waals surface area contributed by atoms with Crippen LogP contribution in [-0.2, 0) is 4.79 Å². The normalized spacial score (nSPS) is 15.5. The largest absolute Gasteiger partial charge is 0.352 e. The molecule has 2 rings (SSSR count). The van der Waals surface area contributed by atoms with E-state index < -0.39 is 0 Å². The van der Waals surface area contributed by atoms with Crippen LogP contribution in [-0.4, -0.2) is 12.5 Å². The summed E-state index contributed by atoms with van der Waals surface area (Å²) in [6.07, 6.45) is 5.96. The van der Waals surface area contributed by atoms with Crippen molar-refractivity contribution < 1.29 is 4.79 Å². The highest BCUT2D eigenvalue weighted by molar-refractivity contribution is 5.91. The SMILES string of the molecule is O=C(C=Cc1ccccc1)NCC1CC1. The van der Waals surface area contributed by atoms with E-state index in [9.17, 15) is 4.79 Å². The van der Waals surface area contributed by atoms with E-state index in [1.165, 1.54) is 12.8 Å². The fraction of sp³-hybridized carbons (Fsp3) is 0.308. The highest BCUT2D eigenvalue weighted by atomic mass is 16.1. The number of hydrogen-bond acceptors (Lipinski definition) is 1. The highest BCUT2D eigenvalue weighted by Crippen LogP contribution is 2.27. The van der Waals surface area contributed by atoms with Crippen molar-refractivity contribution in [1.82, 2.24) is 5.32 Å². The molecule has 1 N–H and O–H groups in total. The summed E-state index contributed by atoms with van der Waals surface area (Å²) in [6.45, 7) is 0.831. The smallest absolute Gasteiger partial charge is 0.244 e. The number of nitrogens with one attached hydrogen (secondary N) is 1. The molecule has 2 nitrogen and oxygen atoms in total. The molecule has 2 heteroatoms. The summed E-state index contributed by atoms with van der Waals surface area (Å²) in [7, 11) is 0. The Labute approximate surface area is 90.0 Å². The van der Waals surface area contributed by atoms with Crippen molar-refractivity contribution in [3.05, 3.63) is 42.0 Å². The van der Waals surface area contributed by atoms with E-state index in [4.69, 9.17) is 0 Å². The molecular formula is C13H15NO. The van der Waals surface area contributed by atoms with Crippen molar-refractivity contribution in [2.45, 2.75) is 12.8 Å². The molecule has 0 bridgehead atoms. The van der Waals surface area contributed by atoms with Gasteiger partial charge in [0.2, 0.25) is 5.91 Å². The second-order valence-electron chi connectivity index (χ2n) is 3.93. The van der Waals surface area contributed by atoms with Crippen LogP contribution >= 0.6 is 0 Å². The molecule has 1 aliphatic rings. The van der Waals surface area contributed by atoms with Crippen LogP contribution in [0.25, 0.3) is 6.08 Å². The Morgan fingerprint density at radius 3 is 2.73 bits per heavy atom. The zero-order chi connectivity index (χ0) is 10.5. The fourth-order valence-corrected chi connectivity index (χ4v) is 1.36. The van der Waals surface area contributed by atoms with Gasteiger partial charge in [-0.3, -0.25) is 4.79 Å². The summed E-state index contributed by atoms with van der Waals surface area (Å²) in [6, 6.07) is 9.84. The number of benzene rings is 1. The summed E-state index contributed by atoms with van der Waals surface area (Å²) in [5.41, 5.74) is 1.05. The van der Waals surface area contributed by atoms with E-state index >= 15 is 0 Å². The van der Waals surface area contributed by atoms with Crippen LogP contribution in [0.4, 0.5) is 0 Å². The summed E-state index contributed by atoms with van der Waals surface area (Å²) in [5, 5.41) is 2.89. The first-order valence-electron chi connectivity index (χ1n) is 5.35. The van der Waals surface area contributed by atoms with Gasteiger partial charge in [-0.05, 0) is 30.4 Å². The molecule has 1 aromatic rings. The number of rotatable bonds is 4. The molecular weight excluding hydrogens is 186 g/mol. The Morgan fingerprint density at radius 2 is 2.07 bits per heavy atom. The monoisotopic (exact) mass is 201 g/mol. The zero-order valence-corrected chi connectivity index (χ0v) is 8.65. The lowest BCUT2D eigenvalue weighted by Gasteiger charge is -1.98. The predicted molar refractivity (Wildman–Crippen MR) is 61.2 cm³/mol. The molecule has 0 saturated heterocycles. The summed E-state index contributed by atoms with van der Waals surface area (Å²) < 4.78 is 0. The summed E-state index contributed by atoms with van der Waals surface area (Å²) in [5.74, 6) is 0.741. The van der Waals surface area contributed by atoms with E-state index in [1.807, 2.05) is 36.4 Å². The quantitative estimate of drug-likeness (QED) is 0.744. The maximum atomic E-state index is 11.4. The van der Waals surface area contributed by atoms with Gasteiger partial charge in [0.1, 0.15) is 0 Å². The molecule has 0 unspecified atom stereocenters. The Hall–Kier alpha value is -1.57. The predicted octanol–water partition coefficient (Wildman–Crippen LogP) is 2.23. The lowest BCUT2D eigenvalue weighted by atomic mass is 10.2. The zero-order valence-electron chi connectivity index (χ0n) is 8.65. The molecule has 0 heterocycles. The van der Waals surface area contributed by atoms with Gasteiger partial charge < -0.3 is 5.32 Å². The second-order valence-corrected chi connectivity index (χ2v) is 3.93. The molecule has 0 spiro atoms. The van der Waals surface area contributed by atoms with Crippen molar-refractivity contribution in [1.29, 1.82) is 0 Å². The van der Waals surface area contributed by atoms with E-state index in [0.29, 0.717) is 0 Å². The van der Waals surface area contributed by atoms with Crippen molar-refractivity contribution in [2.24, 2.45) is 5.92 Å². The maximum Gasteiger partial charge on any atom is 0.244 e. The molecule has 0 aromatic heterocycles. The van der Waals surface area contributed by atoms with Crippen LogP contribution in [0.1, 0.15) is 18.4 Å². The fourth-order valence-electron chi connectivity index (χ4n) is 1.36. The molecule has 78 valence electrons. The van der Waals surface area contributed by atoms with Crippen LogP contribution in [0.5, 0.6) is 0 Å². The molecule has 0 aliphatic heterocycles. The molecule has 1 amide bonds. The average molecular weight is 201 g/mol. The molecule has 0 radical (unpaired) electrons.